The van der Waals surface area contributed by atoms with E-state index in [0.29, 0.717) is 16.5 Å². The fourth-order valence-electron chi connectivity index (χ4n) is 1.62. The average molecular weight is 326 g/mol. The molecule has 21 heavy (non-hydrogen) atoms. The molecule has 1 unspecified atom stereocenters. The fraction of sp³-hybridized carbons (Fsp3) is 0.357. The molecule has 0 aliphatic heterocycles. The Morgan fingerprint density at radius 3 is 2.62 bits per heavy atom. The van der Waals surface area contributed by atoms with Gasteiger partial charge < -0.3 is 4.74 Å². The Bertz CT molecular complexity index is 599. The van der Waals surface area contributed by atoms with Crippen LogP contribution < -0.4 is 4.74 Å². The molecule has 5 nitrogen and oxygen atoms in total. The van der Waals surface area contributed by atoms with Gasteiger partial charge >= 0.3 is 0 Å². The first kappa shape index (κ1) is 15.9. The van der Waals surface area contributed by atoms with Gasteiger partial charge in [0.1, 0.15) is 18.4 Å². The van der Waals surface area contributed by atoms with Crippen LogP contribution in [0.15, 0.2) is 36.9 Å². The molecule has 0 aliphatic carbocycles. The molecule has 1 atom stereocenters. The van der Waals surface area contributed by atoms with Crippen LogP contribution in [0.2, 0.25) is 5.02 Å². The summed E-state index contributed by atoms with van der Waals surface area (Å²) < 4.78 is 7.17. The Labute approximate surface area is 133 Å². The molecular weight excluding hydrogens is 310 g/mol. The van der Waals surface area contributed by atoms with Crippen LogP contribution in [-0.4, -0.2) is 26.3 Å². The van der Waals surface area contributed by atoms with Crippen molar-refractivity contribution in [2.45, 2.75) is 20.1 Å². The lowest BCUT2D eigenvalue weighted by Crippen LogP contribution is -2.37. The summed E-state index contributed by atoms with van der Waals surface area (Å²) in [5, 5.41) is 4.61. The smallest absolute Gasteiger partial charge is 0.252 e. The van der Waals surface area contributed by atoms with Crippen LogP contribution in [-0.2, 0) is 4.79 Å². The molecule has 0 amide bonds. The largest absolute Gasteiger partial charge is 0.461 e. The molecule has 0 radical (unpaired) electrons. The second-order valence-electron chi connectivity index (χ2n) is 5.21. The molecule has 2 aromatic rings. The van der Waals surface area contributed by atoms with Gasteiger partial charge in [0.05, 0.1) is 0 Å². The summed E-state index contributed by atoms with van der Waals surface area (Å²) >= 11 is 10.1. The minimum absolute atomic E-state index is 0.127. The Morgan fingerprint density at radius 1 is 1.43 bits per heavy atom. The van der Waals surface area contributed by atoms with E-state index in [2.05, 4.69) is 22.7 Å². The van der Waals surface area contributed by atoms with Gasteiger partial charge in [-0.1, -0.05) is 25.4 Å². The molecule has 1 heterocycles. The molecule has 0 aliphatic rings. The normalized spacial score (nSPS) is 13.0. The summed E-state index contributed by atoms with van der Waals surface area (Å²) in [7, 11) is 0. The van der Waals surface area contributed by atoms with Gasteiger partial charge in [0.15, 0.2) is 0 Å². The first-order valence-corrected chi connectivity index (χ1v) is 7.36. The maximum atomic E-state index is 12.7. The number of rotatable bonds is 6. The zero-order valence-corrected chi connectivity index (χ0v) is 13.4. The molecule has 0 saturated carbocycles. The summed E-state index contributed by atoms with van der Waals surface area (Å²) in [6.07, 6.45) is 1.92. The number of ketones is 1. The maximum absolute atomic E-state index is 12.7. The van der Waals surface area contributed by atoms with Gasteiger partial charge in [0.25, 0.3) is 6.23 Å². The van der Waals surface area contributed by atoms with Crippen LogP contribution in [0, 0.1) is 5.41 Å². The van der Waals surface area contributed by atoms with Gasteiger partial charge in [-0.25, -0.2) is 9.67 Å². The zero-order valence-electron chi connectivity index (χ0n) is 11.7. The van der Waals surface area contributed by atoms with E-state index in [0.717, 1.165) is 0 Å². The lowest BCUT2D eigenvalue weighted by Gasteiger charge is -2.27. The van der Waals surface area contributed by atoms with E-state index < -0.39 is 11.6 Å². The van der Waals surface area contributed by atoms with E-state index in [1.807, 2.05) is 13.8 Å². The second kappa shape index (κ2) is 6.49. The maximum Gasteiger partial charge on any atom is 0.252 e. The van der Waals surface area contributed by atoms with E-state index in [1.165, 1.54) is 17.3 Å². The Kier molecular flexibility index (Phi) is 4.90. The average Bonchev–Trinajstić information content (AvgIpc) is 3.00. The van der Waals surface area contributed by atoms with E-state index >= 15 is 0 Å². The van der Waals surface area contributed by atoms with Gasteiger partial charge in [-0.05, 0) is 24.3 Å². The summed E-state index contributed by atoms with van der Waals surface area (Å²) in [6, 6.07) is 6.80. The molecule has 7 heteroatoms. The number of benzene rings is 1. The van der Waals surface area contributed by atoms with Crippen LogP contribution in [0.1, 0.15) is 20.1 Å². The first-order chi connectivity index (χ1) is 9.94. The molecule has 0 bridgehead atoms. The lowest BCUT2D eigenvalue weighted by molar-refractivity contribution is -0.138. The van der Waals surface area contributed by atoms with E-state index in [-0.39, 0.29) is 5.78 Å². The summed E-state index contributed by atoms with van der Waals surface area (Å²) in [4.78, 5) is 16.5. The summed E-state index contributed by atoms with van der Waals surface area (Å²) in [5.41, 5.74) is -0.647. The number of carbonyl (C=O) groups is 1. The zero-order chi connectivity index (χ0) is 15.5. The lowest BCUT2D eigenvalue weighted by atomic mass is 9.89. The van der Waals surface area contributed by atoms with Crippen molar-refractivity contribution in [3.8, 4) is 5.75 Å². The topological polar surface area (TPSA) is 57.0 Å². The van der Waals surface area contributed by atoms with Gasteiger partial charge in [0, 0.05) is 16.2 Å². The number of carbonyl (C=O) groups excluding carboxylic acids is 1. The van der Waals surface area contributed by atoms with Crippen LogP contribution in [0.3, 0.4) is 0 Å². The standard InChI is InChI=1S/C14H16ClN3O2S/c1-14(2,7-21)12(19)13(18-9-16-8-17-18)20-11-5-3-10(15)4-6-11/h3-6,8-9,13,21H,7H2,1-2H3. The highest BCUT2D eigenvalue weighted by Crippen LogP contribution is 2.28. The van der Waals surface area contributed by atoms with Crippen molar-refractivity contribution in [3.05, 3.63) is 41.9 Å². The molecular formula is C14H16ClN3O2S. The van der Waals surface area contributed by atoms with Crippen LogP contribution in [0.5, 0.6) is 5.75 Å². The van der Waals surface area contributed by atoms with Crippen molar-refractivity contribution in [3.63, 3.8) is 0 Å². The van der Waals surface area contributed by atoms with E-state index in [1.54, 1.807) is 24.3 Å². The highest BCUT2D eigenvalue weighted by atomic mass is 35.5. The number of ether oxygens (including phenoxy) is 1. The number of halogens is 1. The second-order valence-corrected chi connectivity index (χ2v) is 5.96. The predicted octanol–water partition coefficient (Wildman–Crippen LogP) is 3.03. The Hall–Kier alpha value is -1.53. The minimum Gasteiger partial charge on any atom is -0.461 e. The molecule has 0 N–H and O–H groups in total. The summed E-state index contributed by atoms with van der Waals surface area (Å²) in [6.45, 7) is 3.63. The van der Waals surface area contributed by atoms with Crippen LogP contribution in [0.4, 0.5) is 0 Å². The third-order valence-electron chi connectivity index (χ3n) is 3.02. The molecule has 1 aromatic heterocycles. The molecule has 0 fully saturated rings. The minimum atomic E-state index is -0.893. The van der Waals surface area contributed by atoms with Crippen molar-refractivity contribution in [1.82, 2.24) is 14.8 Å². The molecule has 2 rings (SSSR count). The number of hydrogen-bond acceptors (Lipinski definition) is 5. The van der Waals surface area contributed by atoms with E-state index in [4.69, 9.17) is 16.3 Å². The van der Waals surface area contributed by atoms with Gasteiger partial charge in [-0.2, -0.15) is 17.7 Å². The van der Waals surface area contributed by atoms with Crippen molar-refractivity contribution in [2.75, 3.05) is 5.75 Å². The molecule has 1 aromatic carbocycles. The van der Waals surface area contributed by atoms with E-state index in [9.17, 15) is 4.79 Å². The number of Topliss-reactive ketones (excluding diaryl/α,β-unsaturated/α-hetero) is 1. The molecule has 0 saturated heterocycles. The first-order valence-electron chi connectivity index (χ1n) is 6.35. The quantitative estimate of drug-likeness (QED) is 0.829. The third-order valence-corrected chi connectivity index (χ3v) is 4.07. The third kappa shape index (κ3) is 3.77. The van der Waals surface area contributed by atoms with Gasteiger partial charge in [-0.15, -0.1) is 0 Å². The van der Waals surface area contributed by atoms with Crippen LogP contribution >= 0.6 is 24.2 Å². The molecule has 0 spiro atoms. The SMILES string of the molecule is CC(C)(CS)C(=O)C(Oc1ccc(Cl)cc1)n1cncn1. The highest BCUT2D eigenvalue weighted by molar-refractivity contribution is 7.80. The Morgan fingerprint density at radius 2 is 2.10 bits per heavy atom. The molecule has 112 valence electrons. The Balaban J connectivity index is 2.29. The number of thiol groups is 1. The van der Waals surface area contributed by atoms with Gasteiger partial charge in [-0.3, -0.25) is 4.79 Å². The monoisotopic (exact) mass is 325 g/mol. The van der Waals surface area contributed by atoms with Crippen LogP contribution in [0.25, 0.3) is 0 Å². The summed E-state index contributed by atoms with van der Waals surface area (Å²) in [5.74, 6) is 0.808. The van der Waals surface area contributed by atoms with Crippen molar-refractivity contribution < 1.29 is 9.53 Å². The van der Waals surface area contributed by atoms with Crippen molar-refractivity contribution >= 4 is 30.0 Å². The fourth-order valence-corrected chi connectivity index (χ4v) is 1.90. The number of nitrogens with zero attached hydrogens (tertiary/aromatic N) is 3. The highest BCUT2D eigenvalue weighted by Gasteiger charge is 2.35. The number of hydrogen-bond donors (Lipinski definition) is 1. The van der Waals surface area contributed by atoms with Crippen molar-refractivity contribution in [2.24, 2.45) is 5.41 Å². The van der Waals surface area contributed by atoms with Gasteiger partial charge in [0.2, 0.25) is 5.78 Å². The van der Waals surface area contributed by atoms with Crippen molar-refractivity contribution in [1.29, 1.82) is 0 Å². The predicted molar refractivity (Wildman–Crippen MR) is 83.8 cm³/mol. The number of aromatic nitrogens is 3.